The minimum Gasteiger partial charge on any atom is -0.348 e. The third kappa shape index (κ3) is 1.76. The fourth-order valence-corrected chi connectivity index (χ4v) is 2.73. The molecule has 0 aliphatic carbocycles. The molecule has 2 heterocycles. The largest absolute Gasteiger partial charge is 0.348 e. The van der Waals surface area contributed by atoms with Crippen LogP contribution in [-0.4, -0.2) is 4.98 Å². The van der Waals surface area contributed by atoms with Gasteiger partial charge >= 0.3 is 0 Å². The molecule has 19 heavy (non-hydrogen) atoms. The van der Waals surface area contributed by atoms with Gasteiger partial charge in [0.2, 0.25) is 0 Å². The zero-order chi connectivity index (χ0) is 12.7. The van der Waals surface area contributed by atoms with Crippen molar-refractivity contribution in [2.45, 2.75) is 13.1 Å². The van der Waals surface area contributed by atoms with Crippen LogP contribution in [0.1, 0.15) is 11.1 Å². The van der Waals surface area contributed by atoms with Crippen LogP contribution in [0.2, 0.25) is 0 Å². The quantitative estimate of drug-likeness (QED) is 0.650. The maximum absolute atomic E-state index is 4.77. The van der Waals surface area contributed by atoms with Crippen LogP contribution in [0, 0.1) is 0 Å². The molecule has 3 aromatic rings. The van der Waals surface area contributed by atoms with Crippen LogP contribution < -0.4 is 4.90 Å². The van der Waals surface area contributed by atoms with Crippen molar-refractivity contribution in [1.29, 1.82) is 0 Å². The van der Waals surface area contributed by atoms with E-state index < -0.39 is 0 Å². The van der Waals surface area contributed by atoms with Gasteiger partial charge in [0.25, 0.3) is 0 Å². The van der Waals surface area contributed by atoms with Gasteiger partial charge in [-0.15, -0.1) is 0 Å². The molecule has 0 saturated carbocycles. The van der Waals surface area contributed by atoms with Crippen molar-refractivity contribution in [2.75, 3.05) is 4.90 Å². The van der Waals surface area contributed by atoms with Crippen molar-refractivity contribution >= 4 is 16.7 Å². The maximum Gasteiger partial charge on any atom is 0.129 e. The molecule has 1 aliphatic rings. The highest BCUT2D eigenvalue weighted by Gasteiger charge is 2.19. The standard InChI is InChI=1S/C17H14N2/c1-2-7-15-12-19(11-14(15)6-1)17-10-9-13-5-3-4-8-16(13)18-17/h1-10H,11-12H2. The summed E-state index contributed by atoms with van der Waals surface area (Å²) in [5.74, 6) is 1.06. The van der Waals surface area contributed by atoms with Crippen LogP contribution >= 0.6 is 0 Å². The van der Waals surface area contributed by atoms with Crippen LogP contribution in [-0.2, 0) is 13.1 Å². The number of fused-ring (bicyclic) bond motifs is 2. The first-order valence-corrected chi connectivity index (χ1v) is 6.58. The Morgan fingerprint density at radius 1 is 0.737 bits per heavy atom. The molecule has 92 valence electrons. The molecule has 0 radical (unpaired) electrons. The van der Waals surface area contributed by atoms with E-state index in [9.17, 15) is 0 Å². The molecule has 2 nitrogen and oxygen atoms in total. The molecule has 0 unspecified atom stereocenters. The first-order chi connectivity index (χ1) is 9.40. The van der Waals surface area contributed by atoms with Crippen LogP contribution in [0.3, 0.4) is 0 Å². The van der Waals surface area contributed by atoms with Gasteiger partial charge in [-0.1, -0.05) is 42.5 Å². The highest BCUT2D eigenvalue weighted by atomic mass is 15.2. The predicted molar refractivity (Wildman–Crippen MR) is 78.1 cm³/mol. The Hall–Kier alpha value is -2.35. The van der Waals surface area contributed by atoms with Crippen molar-refractivity contribution in [3.8, 4) is 0 Å². The molecular weight excluding hydrogens is 232 g/mol. The molecule has 0 N–H and O–H groups in total. The Bertz CT molecular complexity index is 724. The number of benzene rings is 2. The third-order valence-electron chi connectivity index (χ3n) is 3.75. The first-order valence-electron chi connectivity index (χ1n) is 6.58. The molecule has 4 rings (SSSR count). The first kappa shape index (κ1) is 10.6. The minimum atomic E-state index is 0.960. The van der Waals surface area contributed by atoms with Gasteiger partial charge in [0.15, 0.2) is 0 Å². The predicted octanol–water partition coefficient (Wildman–Crippen LogP) is 3.76. The van der Waals surface area contributed by atoms with Crippen molar-refractivity contribution in [3.63, 3.8) is 0 Å². The summed E-state index contributed by atoms with van der Waals surface area (Å²) in [6.07, 6.45) is 0. The highest BCUT2D eigenvalue weighted by Crippen LogP contribution is 2.27. The average molecular weight is 246 g/mol. The van der Waals surface area contributed by atoms with Gasteiger partial charge in [-0.2, -0.15) is 0 Å². The summed E-state index contributed by atoms with van der Waals surface area (Å²) >= 11 is 0. The minimum absolute atomic E-state index is 0.960. The van der Waals surface area contributed by atoms with Gasteiger partial charge in [0, 0.05) is 18.5 Å². The SMILES string of the molecule is c1ccc2c(c1)CN(c1ccc3ccccc3n1)C2. The Labute approximate surface area is 112 Å². The summed E-state index contributed by atoms with van der Waals surface area (Å²) in [4.78, 5) is 7.10. The monoisotopic (exact) mass is 246 g/mol. The Morgan fingerprint density at radius 2 is 1.42 bits per heavy atom. The second-order valence-electron chi connectivity index (χ2n) is 4.99. The Morgan fingerprint density at radius 3 is 2.21 bits per heavy atom. The van der Waals surface area contributed by atoms with Gasteiger partial charge in [-0.25, -0.2) is 4.98 Å². The fraction of sp³-hybridized carbons (Fsp3) is 0.118. The van der Waals surface area contributed by atoms with E-state index >= 15 is 0 Å². The number of anilines is 1. The number of hydrogen-bond donors (Lipinski definition) is 0. The molecule has 1 aromatic heterocycles. The summed E-state index contributed by atoms with van der Waals surface area (Å²) in [6.45, 7) is 1.92. The van der Waals surface area contributed by atoms with Gasteiger partial charge in [0.1, 0.15) is 5.82 Å². The maximum atomic E-state index is 4.77. The van der Waals surface area contributed by atoms with E-state index in [0.717, 1.165) is 24.4 Å². The van der Waals surface area contributed by atoms with E-state index in [0.29, 0.717) is 0 Å². The van der Waals surface area contributed by atoms with Crippen LogP contribution in [0.15, 0.2) is 60.7 Å². The molecule has 0 saturated heterocycles. The molecule has 0 spiro atoms. The lowest BCUT2D eigenvalue weighted by Gasteiger charge is -2.16. The molecule has 2 heteroatoms. The summed E-state index contributed by atoms with van der Waals surface area (Å²) in [6, 6.07) is 21.2. The summed E-state index contributed by atoms with van der Waals surface area (Å²) in [7, 11) is 0. The van der Waals surface area contributed by atoms with Gasteiger partial charge in [-0.05, 0) is 29.3 Å². The second-order valence-corrected chi connectivity index (χ2v) is 4.99. The molecule has 2 aromatic carbocycles. The van der Waals surface area contributed by atoms with Gasteiger partial charge in [-0.3, -0.25) is 0 Å². The number of hydrogen-bond acceptors (Lipinski definition) is 2. The van der Waals surface area contributed by atoms with E-state index in [-0.39, 0.29) is 0 Å². The summed E-state index contributed by atoms with van der Waals surface area (Å²) in [5.41, 5.74) is 3.89. The lowest BCUT2D eigenvalue weighted by Crippen LogP contribution is -2.15. The lowest BCUT2D eigenvalue weighted by molar-refractivity contribution is 0.861. The topological polar surface area (TPSA) is 16.1 Å². The number of para-hydroxylation sites is 1. The Kier molecular flexibility index (Phi) is 2.27. The zero-order valence-corrected chi connectivity index (χ0v) is 10.6. The zero-order valence-electron chi connectivity index (χ0n) is 10.6. The second kappa shape index (κ2) is 4.09. The third-order valence-corrected chi connectivity index (χ3v) is 3.75. The average Bonchev–Trinajstić information content (AvgIpc) is 2.90. The van der Waals surface area contributed by atoms with Gasteiger partial charge < -0.3 is 4.90 Å². The van der Waals surface area contributed by atoms with Crippen molar-refractivity contribution in [1.82, 2.24) is 4.98 Å². The number of rotatable bonds is 1. The van der Waals surface area contributed by atoms with E-state index in [1.54, 1.807) is 0 Å². The highest BCUT2D eigenvalue weighted by molar-refractivity contribution is 5.80. The van der Waals surface area contributed by atoms with E-state index in [2.05, 4.69) is 59.5 Å². The summed E-state index contributed by atoms with van der Waals surface area (Å²) < 4.78 is 0. The van der Waals surface area contributed by atoms with Crippen molar-refractivity contribution < 1.29 is 0 Å². The lowest BCUT2D eigenvalue weighted by atomic mass is 10.1. The van der Waals surface area contributed by atoms with Crippen LogP contribution in [0.5, 0.6) is 0 Å². The smallest absolute Gasteiger partial charge is 0.129 e. The van der Waals surface area contributed by atoms with Crippen molar-refractivity contribution in [2.24, 2.45) is 0 Å². The molecule has 0 atom stereocenters. The van der Waals surface area contributed by atoms with E-state index in [4.69, 9.17) is 4.98 Å². The fourth-order valence-electron chi connectivity index (χ4n) is 2.73. The molecule has 0 bridgehead atoms. The van der Waals surface area contributed by atoms with Crippen LogP contribution in [0.25, 0.3) is 10.9 Å². The van der Waals surface area contributed by atoms with Gasteiger partial charge in [0.05, 0.1) is 5.52 Å². The number of nitrogens with zero attached hydrogens (tertiary/aromatic N) is 2. The number of aromatic nitrogens is 1. The molecule has 0 amide bonds. The Balaban J connectivity index is 1.73. The number of pyridine rings is 1. The molecule has 1 aliphatic heterocycles. The molecular formula is C17H14N2. The van der Waals surface area contributed by atoms with E-state index in [1.807, 2.05) is 6.07 Å². The molecule has 0 fully saturated rings. The normalized spacial score (nSPS) is 13.8. The van der Waals surface area contributed by atoms with Crippen LogP contribution in [0.4, 0.5) is 5.82 Å². The van der Waals surface area contributed by atoms with Crippen molar-refractivity contribution in [3.05, 3.63) is 71.8 Å². The summed E-state index contributed by atoms with van der Waals surface area (Å²) in [5, 5.41) is 1.20. The van der Waals surface area contributed by atoms with E-state index in [1.165, 1.54) is 16.5 Å².